The number of allylic oxidation sites excluding steroid dienone is 5. The monoisotopic (exact) mass is 1120 g/mol. The smallest absolute Gasteiger partial charge is 0.220 e. The molecule has 0 aliphatic heterocycles. The van der Waals surface area contributed by atoms with E-state index in [1.54, 1.807) is 6.08 Å². The summed E-state index contributed by atoms with van der Waals surface area (Å²) in [5.41, 5.74) is 0. The van der Waals surface area contributed by atoms with E-state index in [0.717, 1.165) is 38.5 Å². The zero-order valence-corrected chi connectivity index (χ0v) is 54.9. The van der Waals surface area contributed by atoms with Gasteiger partial charge in [-0.2, -0.15) is 0 Å². The minimum Gasteiger partial charge on any atom is -0.394 e. The number of amides is 1. The molecule has 3 N–H and O–H groups in total. The van der Waals surface area contributed by atoms with Crippen LogP contribution in [0.1, 0.15) is 425 Å². The van der Waals surface area contributed by atoms with E-state index in [2.05, 4.69) is 43.5 Å². The van der Waals surface area contributed by atoms with Gasteiger partial charge >= 0.3 is 0 Å². The molecule has 0 aliphatic rings. The maximum atomic E-state index is 12.5. The Balaban J connectivity index is 3.44. The number of carbonyl (C=O) groups is 1. The van der Waals surface area contributed by atoms with Crippen LogP contribution in [0.25, 0.3) is 0 Å². The summed E-state index contributed by atoms with van der Waals surface area (Å²) in [6, 6.07) is -0.646. The average Bonchev–Trinajstić information content (AvgIpc) is 3.46. The number of unbranched alkanes of at least 4 members (excludes halogenated alkanes) is 59. The molecule has 0 rings (SSSR count). The Hall–Kier alpha value is -1.39. The largest absolute Gasteiger partial charge is 0.394 e. The van der Waals surface area contributed by atoms with Crippen molar-refractivity contribution in [2.24, 2.45) is 0 Å². The lowest BCUT2D eigenvalue weighted by molar-refractivity contribution is -0.123. The van der Waals surface area contributed by atoms with Crippen LogP contribution in [0, 0.1) is 0 Å². The number of aliphatic hydroxyl groups excluding tert-OH is 2. The van der Waals surface area contributed by atoms with Crippen molar-refractivity contribution >= 4 is 5.91 Å². The molecule has 80 heavy (non-hydrogen) atoms. The van der Waals surface area contributed by atoms with E-state index < -0.39 is 12.1 Å². The van der Waals surface area contributed by atoms with Gasteiger partial charge in [-0.05, 0) is 44.9 Å². The van der Waals surface area contributed by atoms with Crippen molar-refractivity contribution in [3.63, 3.8) is 0 Å². The number of hydrogen-bond acceptors (Lipinski definition) is 3. The highest BCUT2D eigenvalue weighted by Gasteiger charge is 2.18. The molecule has 4 heteroatoms. The second-order valence-corrected chi connectivity index (χ2v) is 25.7. The first-order valence-electron chi connectivity index (χ1n) is 37.2. The quantitative estimate of drug-likeness (QED) is 0.0420. The molecule has 2 unspecified atom stereocenters. The molecular formula is C76H147NO3. The van der Waals surface area contributed by atoms with Crippen LogP contribution in [-0.2, 0) is 4.79 Å². The van der Waals surface area contributed by atoms with Gasteiger partial charge in [0.2, 0.25) is 5.91 Å². The van der Waals surface area contributed by atoms with Crippen molar-refractivity contribution in [2.75, 3.05) is 6.61 Å². The molecule has 0 aromatic rings. The highest BCUT2D eigenvalue weighted by Crippen LogP contribution is 2.20. The molecule has 4 nitrogen and oxygen atoms in total. The topological polar surface area (TPSA) is 69.6 Å². The van der Waals surface area contributed by atoms with Gasteiger partial charge in [-0.15, -0.1) is 0 Å². The summed E-state index contributed by atoms with van der Waals surface area (Å²) in [6.45, 7) is 4.35. The van der Waals surface area contributed by atoms with Crippen molar-refractivity contribution < 1.29 is 15.0 Å². The Kier molecular flexibility index (Phi) is 70.6. The molecule has 0 aromatic heterocycles. The molecule has 0 heterocycles. The first-order chi connectivity index (χ1) is 39.7. The van der Waals surface area contributed by atoms with Crippen molar-refractivity contribution in [1.29, 1.82) is 0 Å². The van der Waals surface area contributed by atoms with Crippen LogP contribution >= 0.6 is 0 Å². The minimum atomic E-state index is -0.871. The predicted octanol–water partition coefficient (Wildman–Crippen LogP) is 25.5. The van der Waals surface area contributed by atoms with E-state index in [4.69, 9.17) is 0 Å². The summed E-state index contributed by atoms with van der Waals surface area (Å²) in [7, 11) is 0. The predicted molar refractivity (Wildman–Crippen MR) is 359 cm³/mol. The van der Waals surface area contributed by atoms with Crippen LogP contribution < -0.4 is 5.32 Å². The fourth-order valence-corrected chi connectivity index (χ4v) is 12.0. The van der Waals surface area contributed by atoms with Gasteiger partial charge < -0.3 is 15.5 Å². The molecule has 474 valence electrons. The van der Waals surface area contributed by atoms with Gasteiger partial charge in [0.05, 0.1) is 18.8 Å². The lowest BCUT2D eigenvalue weighted by atomic mass is 10.0. The lowest BCUT2D eigenvalue weighted by Gasteiger charge is -2.19. The Morgan fingerprint density at radius 3 is 0.725 bits per heavy atom. The van der Waals surface area contributed by atoms with Crippen molar-refractivity contribution in [2.45, 2.75) is 437 Å². The molecule has 1 amide bonds. The van der Waals surface area contributed by atoms with Crippen molar-refractivity contribution in [3.8, 4) is 0 Å². The summed E-state index contributed by atoms with van der Waals surface area (Å²) in [5, 5.41) is 23.3. The average molecular weight is 1120 g/mol. The van der Waals surface area contributed by atoms with E-state index >= 15 is 0 Å². The fraction of sp³-hybridized carbons (Fsp3) is 0.908. The minimum absolute atomic E-state index is 0.0688. The molecule has 0 aliphatic carbocycles. The van der Waals surface area contributed by atoms with Crippen LogP contribution in [0.3, 0.4) is 0 Å². The SMILES string of the molecule is CCCCCCCCCCCCCCCCCCCCCCCCC/C=C/CC/C=C/CC/C=C/C(O)C(CO)NC(=O)CCCCCCCCCCCCCCCCCCCCCCCCCCCCCCCCCCCCC. The number of nitrogens with one attached hydrogen (secondary N) is 1. The number of carbonyl (C=O) groups excluding carboxylic acids is 1. The highest BCUT2D eigenvalue weighted by molar-refractivity contribution is 5.76. The Labute approximate surface area is 503 Å². The summed E-state index contributed by atoms with van der Waals surface area (Å²) >= 11 is 0. The molecule has 0 fully saturated rings. The van der Waals surface area contributed by atoms with E-state index in [1.807, 2.05) is 6.08 Å². The summed E-state index contributed by atoms with van der Waals surface area (Å²) in [6.07, 6.45) is 99.9. The molecule has 0 saturated heterocycles. The molecule has 0 radical (unpaired) electrons. The zero-order valence-electron chi connectivity index (χ0n) is 54.9. The van der Waals surface area contributed by atoms with Gasteiger partial charge in [0.15, 0.2) is 0 Å². The highest BCUT2D eigenvalue weighted by atomic mass is 16.3. The molecule has 0 saturated carbocycles. The van der Waals surface area contributed by atoms with Gasteiger partial charge in [0, 0.05) is 6.42 Å². The molecule has 0 spiro atoms. The molecule has 0 aromatic carbocycles. The summed E-state index contributed by atoms with van der Waals surface area (Å²) < 4.78 is 0. The maximum Gasteiger partial charge on any atom is 0.220 e. The third-order valence-corrected chi connectivity index (χ3v) is 17.6. The molecular weight excluding hydrogens is 975 g/mol. The van der Waals surface area contributed by atoms with E-state index in [1.165, 1.54) is 366 Å². The van der Waals surface area contributed by atoms with Crippen LogP contribution in [0.2, 0.25) is 0 Å². The number of aliphatic hydroxyl groups is 2. The van der Waals surface area contributed by atoms with Crippen LogP contribution in [0.4, 0.5) is 0 Å². The first kappa shape index (κ1) is 78.6. The van der Waals surface area contributed by atoms with Crippen molar-refractivity contribution in [1.82, 2.24) is 5.32 Å². The van der Waals surface area contributed by atoms with E-state index in [-0.39, 0.29) is 12.5 Å². The second-order valence-electron chi connectivity index (χ2n) is 25.7. The normalized spacial score (nSPS) is 12.8. The van der Waals surface area contributed by atoms with Crippen LogP contribution in [-0.4, -0.2) is 34.9 Å². The summed E-state index contributed by atoms with van der Waals surface area (Å²) in [4.78, 5) is 12.5. The number of hydrogen-bond donors (Lipinski definition) is 3. The molecule has 2 atom stereocenters. The van der Waals surface area contributed by atoms with Crippen LogP contribution in [0.15, 0.2) is 36.5 Å². The van der Waals surface area contributed by atoms with Gasteiger partial charge in [0.1, 0.15) is 0 Å². The maximum absolute atomic E-state index is 12.5. The Morgan fingerprint density at radius 1 is 0.287 bits per heavy atom. The Morgan fingerprint density at radius 2 is 0.487 bits per heavy atom. The van der Waals surface area contributed by atoms with Gasteiger partial charge in [-0.3, -0.25) is 4.79 Å². The van der Waals surface area contributed by atoms with Gasteiger partial charge in [-0.25, -0.2) is 0 Å². The number of rotatable bonds is 70. The molecule has 0 bridgehead atoms. The standard InChI is InChI=1S/C76H147NO3/c1-3-5-7-9-11-13-15-17-19-21-23-25-27-29-31-33-35-37-38-40-42-44-46-48-50-52-54-56-58-60-62-64-66-68-70-72-76(80)77-74(73-78)75(79)71-69-67-65-63-61-59-57-55-53-51-49-47-45-43-41-39-36-34-32-30-28-26-24-22-20-18-16-14-12-10-8-6-4-2/h53,55,61,63,69,71,74-75,78-79H,3-52,54,56-60,62,64-68,70,72-73H2,1-2H3,(H,77,80)/b55-53+,63-61+,71-69+. The van der Waals surface area contributed by atoms with E-state index in [0.29, 0.717) is 6.42 Å². The third-order valence-electron chi connectivity index (χ3n) is 17.6. The first-order valence-corrected chi connectivity index (χ1v) is 37.2. The summed E-state index contributed by atoms with van der Waals surface area (Å²) in [5.74, 6) is -0.0688. The van der Waals surface area contributed by atoms with Crippen molar-refractivity contribution in [3.05, 3.63) is 36.5 Å². The lowest BCUT2D eigenvalue weighted by Crippen LogP contribution is -2.45. The second kappa shape index (κ2) is 71.9. The van der Waals surface area contributed by atoms with Gasteiger partial charge in [-0.1, -0.05) is 410 Å². The fourth-order valence-electron chi connectivity index (χ4n) is 12.0. The zero-order chi connectivity index (χ0) is 57.6. The Bertz CT molecular complexity index is 1230. The third kappa shape index (κ3) is 67.4. The van der Waals surface area contributed by atoms with Crippen LogP contribution in [0.5, 0.6) is 0 Å². The van der Waals surface area contributed by atoms with E-state index in [9.17, 15) is 15.0 Å². The van der Waals surface area contributed by atoms with Gasteiger partial charge in [0.25, 0.3) is 0 Å².